The molecular weight excluding hydrogens is 318 g/mol. The average molecular weight is 326 g/mol. The molecule has 0 aliphatic rings. The highest BCUT2D eigenvalue weighted by Crippen LogP contribution is 2.34. The van der Waals surface area contributed by atoms with E-state index in [1.54, 1.807) is 17.5 Å². The zero-order valence-corrected chi connectivity index (χ0v) is 11.8. The molecule has 1 N–H and O–H groups in total. The number of pyridine rings is 1. The third-order valence-electron chi connectivity index (χ3n) is 2.53. The lowest BCUT2D eigenvalue weighted by Crippen LogP contribution is -1.98. The molecule has 3 aromatic rings. The van der Waals surface area contributed by atoms with E-state index in [2.05, 4.69) is 20.9 Å². The highest BCUT2D eigenvalue weighted by atomic mass is 79.9. The number of nitrogens with zero attached hydrogens (tertiary/aromatic N) is 1. The molecule has 0 saturated heterocycles. The van der Waals surface area contributed by atoms with Gasteiger partial charge in [-0.3, -0.25) is 4.98 Å². The van der Waals surface area contributed by atoms with Crippen LogP contribution in [-0.2, 0) is 0 Å². The number of aliphatic hydroxyl groups is 1. The molecule has 0 aliphatic heterocycles. The van der Waals surface area contributed by atoms with E-state index in [0.717, 1.165) is 25.1 Å². The molecule has 0 radical (unpaired) electrons. The number of aliphatic hydroxyl groups excluding tert-OH is 1. The summed E-state index contributed by atoms with van der Waals surface area (Å²) in [5, 5.41) is 14.3. The van der Waals surface area contributed by atoms with Gasteiger partial charge in [0.05, 0.1) is 15.1 Å². The van der Waals surface area contributed by atoms with Crippen molar-refractivity contribution in [2.45, 2.75) is 6.10 Å². The van der Waals surface area contributed by atoms with Crippen molar-refractivity contribution in [3.8, 4) is 0 Å². The van der Waals surface area contributed by atoms with Crippen molar-refractivity contribution < 1.29 is 5.11 Å². The first-order valence-corrected chi connectivity index (χ1v) is 7.55. The van der Waals surface area contributed by atoms with Gasteiger partial charge in [0.15, 0.2) is 0 Å². The lowest BCUT2D eigenvalue weighted by atomic mass is 10.1. The number of thiophene rings is 2. The van der Waals surface area contributed by atoms with Crippen molar-refractivity contribution in [1.29, 1.82) is 0 Å². The minimum Gasteiger partial charge on any atom is -0.383 e. The first-order valence-electron chi connectivity index (χ1n) is 5.00. The fourth-order valence-electron chi connectivity index (χ4n) is 1.66. The Morgan fingerprint density at radius 1 is 1.24 bits per heavy atom. The van der Waals surface area contributed by atoms with Crippen LogP contribution >= 0.6 is 38.6 Å². The van der Waals surface area contributed by atoms with E-state index in [4.69, 9.17) is 0 Å². The maximum Gasteiger partial charge on any atom is 0.116 e. The number of fused-ring (bicyclic) bond motifs is 1. The standard InChI is InChI=1S/C12H8BrNOS2/c13-8-1-3-17-12(8)11(15)7-5-10-9(14-6-7)2-4-16-10/h1-6,11,15H. The summed E-state index contributed by atoms with van der Waals surface area (Å²) in [6, 6.07) is 5.93. The predicted octanol–water partition coefficient (Wildman–Crippen LogP) is 4.20. The molecule has 3 heterocycles. The van der Waals surface area contributed by atoms with E-state index in [1.807, 2.05) is 29.0 Å². The van der Waals surface area contributed by atoms with Gasteiger partial charge < -0.3 is 5.11 Å². The molecule has 3 aromatic heterocycles. The van der Waals surface area contributed by atoms with Crippen LogP contribution in [-0.4, -0.2) is 10.1 Å². The molecule has 86 valence electrons. The molecular formula is C12H8BrNOS2. The van der Waals surface area contributed by atoms with Crippen molar-refractivity contribution in [2.24, 2.45) is 0 Å². The van der Waals surface area contributed by atoms with Crippen LogP contribution in [0.15, 0.2) is 39.6 Å². The van der Waals surface area contributed by atoms with Gasteiger partial charge in [-0.15, -0.1) is 22.7 Å². The Morgan fingerprint density at radius 2 is 2.06 bits per heavy atom. The van der Waals surface area contributed by atoms with Gasteiger partial charge in [0.25, 0.3) is 0 Å². The number of hydrogen-bond acceptors (Lipinski definition) is 4. The summed E-state index contributed by atoms with van der Waals surface area (Å²) in [7, 11) is 0. The van der Waals surface area contributed by atoms with Gasteiger partial charge in [0.1, 0.15) is 6.10 Å². The Bertz CT molecular complexity index is 661. The van der Waals surface area contributed by atoms with Crippen LogP contribution in [0.4, 0.5) is 0 Å². The Kier molecular flexibility index (Phi) is 3.00. The predicted molar refractivity (Wildman–Crippen MR) is 75.7 cm³/mol. The normalized spacial score (nSPS) is 13.1. The largest absolute Gasteiger partial charge is 0.383 e. The average Bonchev–Trinajstić information content (AvgIpc) is 2.95. The van der Waals surface area contributed by atoms with Gasteiger partial charge in [0, 0.05) is 16.2 Å². The van der Waals surface area contributed by atoms with Crippen molar-refractivity contribution in [3.05, 3.63) is 50.1 Å². The van der Waals surface area contributed by atoms with Crippen molar-refractivity contribution in [3.63, 3.8) is 0 Å². The second kappa shape index (κ2) is 4.49. The summed E-state index contributed by atoms with van der Waals surface area (Å²) in [5.41, 5.74) is 1.82. The third kappa shape index (κ3) is 2.04. The minimum atomic E-state index is -0.608. The fraction of sp³-hybridized carbons (Fsp3) is 0.0833. The molecule has 1 atom stereocenters. The van der Waals surface area contributed by atoms with Crippen LogP contribution in [0.3, 0.4) is 0 Å². The summed E-state index contributed by atoms with van der Waals surface area (Å²) < 4.78 is 2.05. The van der Waals surface area contributed by atoms with E-state index < -0.39 is 6.10 Å². The van der Waals surface area contributed by atoms with E-state index in [9.17, 15) is 5.11 Å². The van der Waals surface area contributed by atoms with Crippen LogP contribution < -0.4 is 0 Å². The second-order valence-electron chi connectivity index (χ2n) is 3.61. The summed E-state index contributed by atoms with van der Waals surface area (Å²) in [6.45, 7) is 0. The van der Waals surface area contributed by atoms with E-state index >= 15 is 0 Å². The first-order chi connectivity index (χ1) is 8.25. The molecule has 0 aliphatic carbocycles. The SMILES string of the molecule is OC(c1cnc2ccsc2c1)c1sccc1Br. The van der Waals surface area contributed by atoms with Gasteiger partial charge in [-0.2, -0.15) is 0 Å². The molecule has 0 amide bonds. The van der Waals surface area contributed by atoms with E-state index in [0.29, 0.717) is 0 Å². The third-order valence-corrected chi connectivity index (χ3v) is 5.31. The highest BCUT2D eigenvalue weighted by Gasteiger charge is 2.16. The maximum absolute atomic E-state index is 10.3. The monoisotopic (exact) mass is 325 g/mol. The van der Waals surface area contributed by atoms with Crippen LogP contribution in [0.25, 0.3) is 10.2 Å². The molecule has 0 aromatic carbocycles. The Hall–Kier alpha value is -0.750. The molecule has 1 unspecified atom stereocenters. The molecule has 17 heavy (non-hydrogen) atoms. The van der Waals surface area contributed by atoms with Crippen LogP contribution in [0.2, 0.25) is 0 Å². The summed E-state index contributed by atoms with van der Waals surface area (Å²) in [4.78, 5) is 5.26. The fourth-order valence-corrected chi connectivity index (χ4v) is 4.05. The molecule has 0 spiro atoms. The van der Waals surface area contributed by atoms with Gasteiger partial charge in [-0.1, -0.05) is 0 Å². The minimum absolute atomic E-state index is 0.608. The number of rotatable bonds is 2. The highest BCUT2D eigenvalue weighted by molar-refractivity contribution is 9.10. The zero-order chi connectivity index (χ0) is 11.8. The van der Waals surface area contributed by atoms with Crippen LogP contribution in [0.1, 0.15) is 16.5 Å². The molecule has 0 bridgehead atoms. The van der Waals surface area contributed by atoms with Gasteiger partial charge >= 0.3 is 0 Å². The van der Waals surface area contributed by atoms with Gasteiger partial charge in [0.2, 0.25) is 0 Å². The molecule has 5 heteroatoms. The number of aromatic nitrogens is 1. The molecule has 3 rings (SSSR count). The quantitative estimate of drug-likeness (QED) is 0.765. The number of hydrogen-bond donors (Lipinski definition) is 1. The Balaban J connectivity index is 2.06. The Labute approximate surface area is 115 Å². The summed E-state index contributed by atoms with van der Waals surface area (Å²) >= 11 is 6.62. The van der Waals surface area contributed by atoms with Crippen molar-refractivity contribution in [2.75, 3.05) is 0 Å². The second-order valence-corrected chi connectivity index (χ2v) is 6.36. The molecule has 0 fully saturated rings. The summed E-state index contributed by atoms with van der Waals surface area (Å²) in [5.74, 6) is 0. The molecule has 2 nitrogen and oxygen atoms in total. The van der Waals surface area contributed by atoms with Crippen LogP contribution in [0.5, 0.6) is 0 Å². The molecule has 0 saturated carbocycles. The Morgan fingerprint density at radius 3 is 2.82 bits per heavy atom. The summed E-state index contributed by atoms with van der Waals surface area (Å²) in [6.07, 6.45) is 1.13. The van der Waals surface area contributed by atoms with Gasteiger partial charge in [-0.25, -0.2) is 0 Å². The lowest BCUT2D eigenvalue weighted by Gasteiger charge is -2.09. The van der Waals surface area contributed by atoms with Crippen LogP contribution in [0, 0.1) is 0 Å². The number of halogens is 1. The maximum atomic E-state index is 10.3. The topological polar surface area (TPSA) is 33.1 Å². The smallest absolute Gasteiger partial charge is 0.116 e. The van der Waals surface area contributed by atoms with Crippen molar-refractivity contribution >= 4 is 48.8 Å². The van der Waals surface area contributed by atoms with E-state index in [-0.39, 0.29) is 0 Å². The lowest BCUT2D eigenvalue weighted by molar-refractivity contribution is 0.223. The van der Waals surface area contributed by atoms with E-state index in [1.165, 1.54) is 11.3 Å². The van der Waals surface area contributed by atoms with Crippen molar-refractivity contribution in [1.82, 2.24) is 4.98 Å². The zero-order valence-electron chi connectivity index (χ0n) is 8.63. The first kappa shape index (κ1) is 11.3. The van der Waals surface area contributed by atoms with Gasteiger partial charge in [-0.05, 0) is 44.9 Å².